The van der Waals surface area contributed by atoms with E-state index in [0.717, 1.165) is 63.2 Å². The van der Waals surface area contributed by atoms with E-state index in [9.17, 15) is 9.59 Å². The Labute approximate surface area is 281 Å². The van der Waals surface area contributed by atoms with Crippen LogP contribution in [0.5, 0.6) is 5.88 Å². The normalized spacial score (nSPS) is 17.1. The van der Waals surface area contributed by atoms with E-state index in [2.05, 4.69) is 36.7 Å². The molecule has 2 aliphatic rings. The third-order valence-corrected chi connectivity index (χ3v) is 8.49. The molecule has 0 aliphatic carbocycles. The molecule has 11 nitrogen and oxygen atoms in total. The van der Waals surface area contributed by atoms with Crippen molar-refractivity contribution in [1.82, 2.24) is 25.0 Å². The number of methoxy groups -OCH3 is 1. The number of nitrogens with zero attached hydrogens (tertiary/aromatic N) is 6. The van der Waals surface area contributed by atoms with Gasteiger partial charge in [0.25, 0.3) is 0 Å². The predicted molar refractivity (Wildman–Crippen MR) is 182 cm³/mol. The highest BCUT2D eigenvalue weighted by Gasteiger charge is 2.21. The van der Waals surface area contributed by atoms with E-state index in [4.69, 9.17) is 37.7 Å². The number of amides is 1. The lowest BCUT2D eigenvalue weighted by Crippen LogP contribution is -2.48. The van der Waals surface area contributed by atoms with E-state index in [1.165, 1.54) is 7.11 Å². The number of esters is 1. The summed E-state index contributed by atoms with van der Waals surface area (Å²) >= 11 is 12.7. The van der Waals surface area contributed by atoms with Crippen molar-refractivity contribution in [3.05, 3.63) is 57.9 Å². The third-order valence-electron chi connectivity index (χ3n) is 8.06. The van der Waals surface area contributed by atoms with E-state index in [1.807, 2.05) is 31.2 Å². The van der Waals surface area contributed by atoms with E-state index in [0.29, 0.717) is 65.3 Å². The standard InChI is InChI=1S/C33H43Cl2N7O4/c1-23(20-38-33(36-3)42-13-11-40(12-14-42)10-7-32(44)45-4)46-31-16-26(15-30(39-31)27-17-28(34)19-29(35)18-27)22-41-8-5-25(6-9-41)21-37-24(2)43/h15-20,25H,3,5-14,21-22H2,1-2,4H3,(H,37,43)/b23-20+,38-33+. The zero-order chi connectivity index (χ0) is 33.1. The highest BCUT2D eigenvalue weighted by molar-refractivity contribution is 6.35. The first kappa shape index (κ1) is 35.3. The van der Waals surface area contributed by atoms with Crippen LogP contribution in [0.2, 0.25) is 10.0 Å². The fourth-order valence-corrected chi connectivity index (χ4v) is 6.06. The number of piperidine rings is 1. The van der Waals surface area contributed by atoms with Crippen molar-refractivity contribution in [3.63, 3.8) is 0 Å². The van der Waals surface area contributed by atoms with Crippen LogP contribution in [0, 0.1) is 5.92 Å². The highest BCUT2D eigenvalue weighted by Crippen LogP contribution is 2.30. The maximum atomic E-state index is 11.5. The first-order valence-electron chi connectivity index (χ1n) is 15.5. The molecular formula is C33H43Cl2N7O4. The molecule has 1 N–H and O–H groups in total. The average molecular weight is 673 g/mol. The quantitative estimate of drug-likeness (QED) is 0.156. The zero-order valence-electron chi connectivity index (χ0n) is 26.8. The molecule has 2 aliphatic heterocycles. The van der Waals surface area contributed by atoms with Crippen molar-refractivity contribution in [3.8, 4) is 17.1 Å². The number of piperazine rings is 1. The Morgan fingerprint density at radius 3 is 2.35 bits per heavy atom. The van der Waals surface area contributed by atoms with E-state index in [1.54, 1.807) is 19.2 Å². The monoisotopic (exact) mass is 671 g/mol. The molecule has 0 unspecified atom stereocenters. The van der Waals surface area contributed by atoms with Gasteiger partial charge in [0.1, 0.15) is 5.76 Å². The maximum absolute atomic E-state index is 11.5. The summed E-state index contributed by atoms with van der Waals surface area (Å²) < 4.78 is 10.9. The molecule has 2 fully saturated rings. The first-order chi connectivity index (χ1) is 22.1. The number of carbonyl (C=O) groups is 2. The van der Waals surface area contributed by atoms with Crippen molar-refractivity contribution in [1.29, 1.82) is 0 Å². The number of hydrogen-bond donors (Lipinski definition) is 1. The summed E-state index contributed by atoms with van der Waals surface area (Å²) in [5, 5.41) is 4.00. The van der Waals surface area contributed by atoms with Gasteiger partial charge in [0.05, 0.1) is 25.4 Å². The van der Waals surface area contributed by atoms with Gasteiger partial charge in [-0.3, -0.25) is 19.4 Å². The van der Waals surface area contributed by atoms with Crippen LogP contribution in [-0.4, -0.2) is 104 Å². The molecule has 2 saturated heterocycles. The van der Waals surface area contributed by atoms with Crippen LogP contribution in [-0.2, 0) is 20.9 Å². The lowest BCUT2D eigenvalue weighted by Gasteiger charge is -2.34. The highest BCUT2D eigenvalue weighted by atomic mass is 35.5. The largest absolute Gasteiger partial charge is 0.469 e. The van der Waals surface area contributed by atoms with E-state index >= 15 is 0 Å². The molecule has 0 spiro atoms. The number of halogens is 2. The van der Waals surface area contributed by atoms with Crippen LogP contribution in [0.1, 0.15) is 38.7 Å². The van der Waals surface area contributed by atoms with Gasteiger partial charge in [-0.25, -0.2) is 15.0 Å². The summed E-state index contributed by atoms with van der Waals surface area (Å²) in [6.45, 7) is 14.1. The van der Waals surface area contributed by atoms with Gasteiger partial charge in [-0.15, -0.1) is 0 Å². The Morgan fingerprint density at radius 2 is 1.72 bits per heavy atom. The number of benzene rings is 1. The second-order valence-electron chi connectivity index (χ2n) is 11.6. The lowest BCUT2D eigenvalue weighted by atomic mass is 9.96. The van der Waals surface area contributed by atoms with E-state index < -0.39 is 0 Å². The van der Waals surface area contributed by atoms with Gasteiger partial charge in [-0.1, -0.05) is 23.2 Å². The summed E-state index contributed by atoms with van der Waals surface area (Å²) in [5.41, 5.74) is 2.54. The number of pyridine rings is 1. The maximum Gasteiger partial charge on any atom is 0.306 e. The molecule has 1 aromatic carbocycles. The molecule has 0 atom stereocenters. The number of guanidine groups is 1. The number of hydrogen-bond acceptors (Lipinski definition) is 8. The Hall–Kier alpha value is -3.51. The summed E-state index contributed by atoms with van der Waals surface area (Å²) in [7, 11) is 1.40. The third kappa shape index (κ3) is 11.1. The Balaban J connectivity index is 1.45. The summed E-state index contributed by atoms with van der Waals surface area (Å²) in [6, 6.07) is 9.35. The van der Waals surface area contributed by atoms with Crippen molar-refractivity contribution in [2.24, 2.45) is 15.9 Å². The summed E-state index contributed by atoms with van der Waals surface area (Å²) in [4.78, 5) is 43.0. The van der Waals surface area contributed by atoms with Crippen LogP contribution in [0.25, 0.3) is 11.3 Å². The Kier molecular flexibility index (Phi) is 13.4. The molecule has 46 heavy (non-hydrogen) atoms. The van der Waals surface area contributed by atoms with Gasteiger partial charge in [0.2, 0.25) is 17.7 Å². The minimum absolute atomic E-state index is 0.0133. The predicted octanol–water partition coefficient (Wildman–Crippen LogP) is 4.88. The van der Waals surface area contributed by atoms with Crippen LogP contribution in [0.4, 0.5) is 0 Å². The van der Waals surface area contributed by atoms with Gasteiger partial charge in [0.15, 0.2) is 0 Å². The number of carbonyl (C=O) groups excluding carboxylic acids is 2. The van der Waals surface area contributed by atoms with E-state index in [-0.39, 0.29) is 11.9 Å². The smallest absolute Gasteiger partial charge is 0.306 e. The summed E-state index contributed by atoms with van der Waals surface area (Å²) in [6.07, 6.45) is 4.04. The Bertz CT molecular complexity index is 1410. The molecule has 1 amide bonds. The molecule has 1 aromatic heterocycles. The molecule has 0 saturated carbocycles. The number of aromatic nitrogens is 1. The van der Waals surface area contributed by atoms with Crippen molar-refractivity contribution in [2.45, 2.75) is 39.7 Å². The molecule has 3 heterocycles. The Morgan fingerprint density at radius 1 is 1.02 bits per heavy atom. The first-order valence-corrected chi connectivity index (χ1v) is 16.2. The second kappa shape index (κ2) is 17.4. The minimum atomic E-state index is -0.207. The fraction of sp³-hybridized carbons (Fsp3) is 0.485. The van der Waals surface area contributed by atoms with Crippen LogP contribution in [0.15, 0.2) is 52.3 Å². The number of likely N-dealkylation sites (tertiary alicyclic amines) is 1. The number of ether oxygens (including phenoxy) is 2. The molecule has 0 bridgehead atoms. The molecular weight excluding hydrogens is 629 g/mol. The van der Waals surface area contributed by atoms with Crippen LogP contribution >= 0.6 is 23.2 Å². The number of nitrogens with one attached hydrogen (secondary N) is 1. The lowest BCUT2D eigenvalue weighted by molar-refractivity contribution is -0.141. The number of rotatable bonds is 11. The second-order valence-corrected chi connectivity index (χ2v) is 12.5. The molecule has 2 aromatic rings. The number of allylic oxidation sites excluding steroid dienone is 1. The van der Waals surface area contributed by atoms with Crippen LogP contribution in [0.3, 0.4) is 0 Å². The fourth-order valence-electron chi connectivity index (χ4n) is 5.53. The molecule has 0 radical (unpaired) electrons. The SMILES string of the molecule is C=N/C(=N\C=C(/C)Oc1cc(CN2CCC(CNC(C)=O)CC2)cc(-c2cc(Cl)cc(Cl)c2)n1)N1CCN(CCC(=O)OC)CC1. The van der Waals surface area contributed by atoms with Gasteiger partial charge in [-0.05, 0) is 75.3 Å². The zero-order valence-corrected chi connectivity index (χ0v) is 28.3. The van der Waals surface area contributed by atoms with Gasteiger partial charge in [-0.2, -0.15) is 0 Å². The van der Waals surface area contributed by atoms with Crippen molar-refractivity contribution in [2.75, 3.05) is 59.5 Å². The van der Waals surface area contributed by atoms with Gasteiger partial charge < -0.3 is 19.7 Å². The minimum Gasteiger partial charge on any atom is -0.469 e. The average Bonchev–Trinajstić information content (AvgIpc) is 3.03. The topological polar surface area (TPSA) is 112 Å². The molecule has 248 valence electrons. The van der Waals surface area contributed by atoms with Gasteiger partial charge >= 0.3 is 5.97 Å². The molecule has 4 rings (SSSR count). The van der Waals surface area contributed by atoms with Crippen molar-refractivity contribution < 1.29 is 19.1 Å². The summed E-state index contributed by atoms with van der Waals surface area (Å²) in [5.74, 6) is 1.77. The van der Waals surface area contributed by atoms with Crippen LogP contribution < -0.4 is 10.1 Å². The van der Waals surface area contributed by atoms with Gasteiger partial charge in [0, 0.05) is 74.4 Å². The number of aliphatic imine (C=N–C) groups is 2. The van der Waals surface area contributed by atoms with Crippen molar-refractivity contribution >= 4 is 47.8 Å². The molecule has 13 heteroatoms.